The van der Waals surface area contributed by atoms with Crippen molar-refractivity contribution in [1.29, 1.82) is 0 Å². The number of aryl methyl sites for hydroxylation is 1. The summed E-state index contributed by atoms with van der Waals surface area (Å²) in [6, 6.07) is 14.5. The van der Waals surface area contributed by atoms with Gasteiger partial charge in [0.25, 0.3) is 5.91 Å². The summed E-state index contributed by atoms with van der Waals surface area (Å²) in [4.78, 5) is 20.5. The van der Waals surface area contributed by atoms with Crippen LogP contribution in [-0.4, -0.2) is 70.5 Å². The van der Waals surface area contributed by atoms with Gasteiger partial charge in [-0.15, -0.1) is 0 Å². The SMILES string of the molecule is COC[C@]1(O)CCCC[C@H]1n1cnc(C(=O)N2CCNCC2CCc2ccccc2C(F)(F)F)c1-c1ccccc1. The molecule has 2 N–H and O–H groups in total. The van der Waals surface area contributed by atoms with Gasteiger partial charge in [0.15, 0.2) is 5.69 Å². The van der Waals surface area contributed by atoms with Crippen molar-refractivity contribution in [2.24, 2.45) is 0 Å². The van der Waals surface area contributed by atoms with Gasteiger partial charge in [0.2, 0.25) is 0 Å². The van der Waals surface area contributed by atoms with Crippen LogP contribution >= 0.6 is 0 Å². The number of carbonyl (C=O) groups excluding carboxylic acids is 1. The number of benzene rings is 2. The lowest BCUT2D eigenvalue weighted by atomic mass is 9.80. The molecule has 220 valence electrons. The molecule has 1 aliphatic heterocycles. The molecule has 2 aromatic carbocycles. The zero-order chi connectivity index (χ0) is 29.0. The number of methoxy groups -OCH3 is 1. The number of piperazine rings is 1. The lowest BCUT2D eigenvalue weighted by Crippen LogP contribution is -2.54. The Morgan fingerprint density at radius 1 is 1.15 bits per heavy atom. The fourth-order valence-corrected chi connectivity index (χ4v) is 6.42. The first-order chi connectivity index (χ1) is 19.7. The van der Waals surface area contributed by atoms with Crippen molar-refractivity contribution in [2.75, 3.05) is 33.4 Å². The molecule has 1 saturated heterocycles. The van der Waals surface area contributed by atoms with Crippen LogP contribution in [0.1, 0.15) is 59.8 Å². The molecule has 0 bridgehead atoms. The highest BCUT2D eigenvalue weighted by atomic mass is 19.4. The highest BCUT2D eigenvalue weighted by Crippen LogP contribution is 2.41. The Hall–Kier alpha value is -3.21. The quantitative estimate of drug-likeness (QED) is 0.394. The number of aromatic nitrogens is 2. The Labute approximate surface area is 238 Å². The molecule has 3 aromatic rings. The van der Waals surface area contributed by atoms with Gasteiger partial charge in [-0.3, -0.25) is 4.79 Å². The Morgan fingerprint density at radius 3 is 2.66 bits per heavy atom. The largest absolute Gasteiger partial charge is 0.416 e. The van der Waals surface area contributed by atoms with Crippen LogP contribution in [0, 0.1) is 0 Å². The number of nitrogens with one attached hydrogen (secondary N) is 1. The zero-order valence-electron chi connectivity index (χ0n) is 23.2. The second-order valence-electron chi connectivity index (χ2n) is 11.1. The number of hydrogen-bond acceptors (Lipinski definition) is 5. The van der Waals surface area contributed by atoms with Crippen LogP contribution in [0.25, 0.3) is 11.3 Å². The van der Waals surface area contributed by atoms with Gasteiger partial charge in [-0.25, -0.2) is 4.98 Å². The van der Waals surface area contributed by atoms with Crippen LogP contribution in [0.3, 0.4) is 0 Å². The van der Waals surface area contributed by atoms with Crippen molar-refractivity contribution in [3.8, 4) is 11.3 Å². The average molecular weight is 571 g/mol. The van der Waals surface area contributed by atoms with Gasteiger partial charge in [-0.05, 0) is 37.3 Å². The molecule has 1 aromatic heterocycles. The fourth-order valence-electron chi connectivity index (χ4n) is 6.42. The number of nitrogens with zero attached hydrogens (tertiary/aromatic N) is 3. The molecule has 1 saturated carbocycles. The van der Waals surface area contributed by atoms with Crippen LogP contribution in [-0.2, 0) is 17.3 Å². The number of ether oxygens (including phenoxy) is 1. The van der Waals surface area contributed by atoms with Crippen LogP contribution in [0.4, 0.5) is 13.2 Å². The molecule has 1 amide bonds. The van der Waals surface area contributed by atoms with Crippen molar-refractivity contribution in [2.45, 2.75) is 62.4 Å². The number of carbonyl (C=O) groups is 1. The molecule has 10 heteroatoms. The first-order valence-corrected chi connectivity index (χ1v) is 14.2. The predicted molar refractivity (Wildman–Crippen MR) is 149 cm³/mol. The highest BCUT2D eigenvalue weighted by molar-refractivity contribution is 5.98. The molecule has 0 spiro atoms. The standard InChI is InChI=1S/C31H37F3N4O3/c1-41-20-30(40)16-8-7-13-26(30)38-21-36-27(28(38)23-10-3-2-4-11-23)29(39)37-18-17-35-19-24(37)15-14-22-9-5-6-12-25(22)31(32,33)34/h2-6,9-12,21,24,26,35,40H,7-8,13-20H2,1H3/t24?,26-,30-/m1/s1. The second-order valence-corrected chi connectivity index (χ2v) is 11.1. The molecule has 5 rings (SSSR count). The smallest absolute Gasteiger partial charge is 0.385 e. The Morgan fingerprint density at radius 2 is 1.90 bits per heavy atom. The van der Waals surface area contributed by atoms with E-state index in [-0.39, 0.29) is 42.3 Å². The molecule has 0 radical (unpaired) electrons. The van der Waals surface area contributed by atoms with Gasteiger partial charge >= 0.3 is 6.18 Å². The summed E-state index contributed by atoms with van der Waals surface area (Å²) < 4.78 is 48.1. The molecule has 41 heavy (non-hydrogen) atoms. The number of amides is 1. The third-order valence-corrected chi connectivity index (χ3v) is 8.41. The van der Waals surface area contributed by atoms with Crippen molar-refractivity contribution in [1.82, 2.24) is 19.8 Å². The fraction of sp³-hybridized carbons (Fsp3) is 0.484. The summed E-state index contributed by atoms with van der Waals surface area (Å²) in [6.45, 7) is 1.66. The van der Waals surface area contributed by atoms with E-state index in [4.69, 9.17) is 4.74 Å². The summed E-state index contributed by atoms with van der Waals surface area (Å²) in [5.74, 6) is -0.260. The molecule has 2 aliphatic rings. The number of halogens is 3. The number of aliphatic hydroxyl groups is 1. The molecule has 1 aliphatic carbocycles. The summed E-state index contributed by atoms with van der Waals surface area (Å²) in [7, 11) is 1.57. The van der Waals surface area contributed by atoms with Crippen LogP contribution in [0.2, 0.25) is 0 Å². The highest BCUT2D eigenvalue weighted by Gasteiger charge is 2.42. The van der Waals surface area contributed by atoms with Gasteiger partial charge in [0.1, 0.15) is 5.60 Å². The zero-order valence-corrected chi connectivity index (χ0v) is 23.2. The number of hydrogen-bond donors (Lipinski definition) is 2. The minimum atomic E-state index is -4.43. The van der Waals surface area contributed by atoms with Gasteiger partial charge in [0.05, 0.1) is 30.2 Å². The molecular weight excluding hydrogens is 533 g/mol. The van der Waals surface area contributed by atoms with Crippen LogP contribution < -0.4 is 5.32 Å². The van der Waals surface area contributed by atoms with E-state index in [1.807, 2.05) is 34.9 Å². The minimum absolute atomic E-state index is 0.173. The lowest BCUT2D eigenvalue weighted by Gasteiger charge is -2.41. The summed E-state index contributed by atoms with van der Waals surface area (Å²) in [6.07, 6.45) is 0.907. The van der Waals surface area contributed by atoms with Crippen molar-refractivity contribution in [3.63, 3.8) is 0 Å². The first kappa shape index (κ1) is 29.3. The average Bonchev–Trinajstić information content (AvgIpc) is 3.41. The van der Waals surface area contributed by atoms with Crippen molar-refractivity contribution in [3.05, 3.63) is 77.7 Å². The maximum absolute atomic E-state index is 14.2. The van der Waals surface area contributed by atoms with E-state index in [0.29, 0.717) is 38.2 Å². The third kappa shape index (κ3) is 6.19. The molecular formula is C31H37F3N4O3. The Balaban J connectivity index is 1.47. The number of alkyl halides is 3. The maximum Gasteiger partial charge on any atom is 0.416 e. The molecule has 2 heterocycles. The molecule has 2 fully saturated rings. The van der Waals surface area contributed by atoms with Gasteiger partial charge < -0.3 is 24.6 Å². The topological polar surface area (TPSA) is 79.6 Å². The van der Waals surface area contributed by atoms with E-state index in [2.05, 4.69) is 10.3 Å². The predicted octanol–water partition coefficient (Wildman–Crippen LogP) is 5.11. The summed E-state index contributed by atoms with van der Waals surface area (Å²) in [5.41, 5.74) is 0.219. The van der Waals surface area contributed by atoms with E-state index >= 15 is 0 Å². The third-order valence-electron chi connectivity index (χ3n) is 8.41. The summed E-state index contributed by atoms with van der Waals surface area (Å²) >= 11 is 0. The molecule has 1 unspecified atom stereocenters. The van der Waals surface area contributed by atoms with E-state index < -0.39 is 17.3 Å². The van der Waals surface area contributed by atoms with Crippen LogP contribution in [0.5, 0.6) is 0 Å². The monoisotopic (exact) mass is 570 g/mol. The van der Waals surface area contributed by atoms with Gasteiger partial charge in [-0.2, -0.15) is 13.2 Å². The Bertz CT molecular complexity index is 1330. The van der Waals surface area contributed by atoms with E-state index in [9.17, 15) is 23.1 Å². The van der Waals surface area contributed by atoms with Crippen LogP contribution in [0.15, 0.2) is 60.9 Å². The minimum Gasteiger partial charge on any atom is -0.385 e. The second kappa shape index (κ2) is 12.3. The lowest BCUT2D eigenvalue weighted by molar-refractivity contribution is -0.138. The Kier molecular flexibility index (Phi) is 8.82. The summed E-state index contributed by atoms with van der Waals surface area (Å²) in [5, 5.41) is 14.9. The number of rotatable bonds is 8. The maximum atomic E-state index is 14.2. The molecule has 7 nitrogen and oxygen atoms in total. The van der Waals surface area contributed by atoms with Gasteiger partial charge in [-0.1, -0.05) is 61.4 Å². The van der Waals surface area contributed by atoms with E-state index in [1.54, 1.807) is 24.4 Å². The normalized spacial score (nSPS) is 23.5. The van der Waals surface area contributed by atoms with Crippen molar-refractivity contribution >= 4 is 5.91 Å². The van der Waals surface area contributed by atoms with E-state index in [1.165, 1.54) is 12.1 Å². The first-order valence-electron chi connectivity index (χ1n) is 14.2. The number of imidazole rings is 1. The molecule has 3 atom stereocenters. The van der Waals surface area contributed by atoms with Crippen molar-refractivity contribution < 1.29 is 27.8 Å². The van der Waals surface area contributed by atoms with Gasteiger partial charge in [0, 0.05) is 38.3 Å². The van der Waals surface area contributed by atoms with E-state index in [0.717, 1.165) is 30.9 Å².